The predicted octanol–water partition coefficient (Wildman–Crippen LogP) is 1.73. The Bertz CT molecular complexity index is 565. The Morgan fingerprint density at radius 3 is 2.57 bits per heavy atom. The van der Waals surface area contributed by atoms with Gasteiger partial charge in [0.25, 0.3) is 0 Å². The largest absolute Gasteiger partial charge is 0.380 e. The summed E-state index contributed by atoms with van der Waals surface area (Å²) in [4.78, 5) is 27.9. The van der Waals surface area contributed by atoms with E-state index in [0.29, 0.717) is 43.9 Å². The first-order valence-corrected chi connectivity index (χ1v) is 11.7. The normalized spacial score (nSPS) is 33.7. The Morgan fingerprint density at radius 2 is 1.96 bits per heavy atom. The first kappa shape index (κ1) is 21.9. The fraction of sp³-hybridized carbons (Fsp3) is 0.800. The Hall–Kier alpha value is -0.760. The first-order chi connectivity index (χ1) is 13.5. The number of nitrogens with zero attached hydrogens (tertiary/aromatic N) is 2. The summed E-state index contributed by atoms with van der Waals surface area (Å²) in [5, 5.41) is 4.24. The van der Waals surface area contributed by atoms with Crippen LogP contribution in [0.15, 0.2) is 12.7 Å². The highest BCUT2D eigenvalue weighted by Crippen LogP contribution is 2.42. The van der Waals surface area contributed by atoms with Crippen LogP contribution in [-0.2, 0) is 14.3 Å². The van der Waals surface area contributed by atoms with E-state index in [-0.39, 0.29) is 29.3 Å². The number of carbonyl (C=O) groups excluding carboxylic acids is 2. The summed E-state index contributed by atoms with van der Waals surface area (Å²) in [6, 6.07) is 0.152. The van der Waals surface area contributed by atoms with Gasteiger partial charge in [-0.15, -0.1) is 11.6 Å². The molecule has 2 amide bonds. The molecule has 5 atom stereocenters. The van der Waals surface area contributed by atoms with E-state index in [0.717, 1.165) is 12.8 Å². The summed E-state index contributed by atoms with van der Waals surface area (Å²) >= 11 is 8.75. The van der Waals surface area contributed by atoms with Gasteiger partial charge in [-0.25, -0.2) is 0 Å². The zero-order valence-corrected chi connectivity index (χ0v) is 18.2. The Labute approximate surface area is 177 Å². The molecule has 3 fully saturated rings. The number of piperazine rings is 1. The standard InChI is InChI=1S/C20H32ClN3O3S/c1-3-19(25)23-6-8-24(9-7-23)20(26)13-22-16-11-14(18-5-4-10-28-18)15(21)12-17(16)27-2/h3,14-18,22H,1,4-13H2,2H3. The van der Waals surface area contributed by atoms with Crippen LogP contribution in [-0.4, -0.2) is 90.0 Å². The van der Waals surface area contributed by atoms with E-state index in [4.69, 9.17) is 16.3 Å². The van der Waals surface area contributed by atoms with Crippen molar-refractivity contribution < 1.29 is 14.3 Å². The Balaban J connectivity index is 1.49. The molecule has 0 aromatic heterocycles. The van der Waals surface area contributed by atoms with Crippen LogP contribution in [0.1, 0.15) is 25.7 Å². The van der Waals surface area contributed by atoms with E-state index < -0.39 is 0 Å². The highest BCUT2D eigenvalue weighted by Gasteiger charge is 2.41. The van der Waals surface area contributed by atoms with Gasteiger partial charge < -0.3 is 19.9 Å². The molecule has 3 aliphatic rings. The van der Waals surface area contributed by atoms with Crippen molar-refractivity contribution >= 4 is 35.2 Å². The number of hydrogen-bond donors (Lipinski definition) is 1. The molecular formula is C20H32ClN3O3S. The molecule has 0 spiro atoms. The van der Waals surface area contributed by atoms with Crippen molar-refractivity contribution in [1.82, 2.24) is 15.1 Å². The molecule has 0 aromatic rings. The number of ether oxygens (including phenoxy) is 1. The van der Waals surface area contributed by atoms with E-state index in [2.05, 4.69) is 11.9 Å². The second-order valence-electron chi connectivity index (χ2n) is 7.87. The predicted molar refractivity (Wildman–Crippen MR) is 114 cm³/mol. The number of nitrogens with one attached hydrogen (secondary N) is 1. The van der Waals surface area contributed by atoms with Gasteiger partial charge >= 0.3 is 0 Å². The number of methoxy groups -OCH3 is 1. The van der Waals surface area contributed by atoms with Crippen LogP contribution in [0.25, 0.3) is 0 Å². The van der Waals surface area contributed by atoms with Crippen molar-refractivity contribution in [3.05, 3.63) is 12.7 Å². The summed E-state index contributed by atoms with van der Waals surface area (Å²) in [6.45, 7) is 6.10. The van der Waals surface area contributed by atoms with Crippen LogP contribution in [0.2, 0.25) is 0 Å². The van der Waals surface area contributed by atoms with Crippen LogP contribution in [0.5, 0.6) is 0 Å². The second kappa shape index (κ2) is 10.3. The first-order valence-electron chi connectivity index (χ1n) is 10.2. The number of rotatable bonds is 6. The lowest BCUT2D eigenvalue weighted by molar-refractivity contribution is -0.136. The molecule has 1 N–H and O–H groups in total. The van der Waals surface area contributed by atoms with E-state index in [1.807, 2.05) is 16.7 Å². The fourth-order valence-corrected chi connectivity index (χ4v) is 6.65. The van der Waals surface area contributed by atoms with Gasteiger partial charge in [0.05, 0.1) is 12.6 Å². The molecule has 8 heteroatoms. The quantitative estimate of drug-likeness (QED) is 0.514. The number of amides is 2. The minimum absolute atomic E-state index is 0.0417. The summed E-state index contributed by atoms with van der Waals surface area (Å²) in [7, 11) is 1.73. The van der Waals surface area contributed by atoms with E-state index in [1.54, 1.807) is 12.0 Å². The van der Waals surface area contributed by atoms with Gasteiger partial charge in [-0.05, 0) is 43.4 Å². The lowest BCUT2D eigenvalue weighted by Crippen LogP contribution is -2.55. The lowest BCUT2D eigenvalue weighted by atomic mass is 9.80. The van der Waals surface area contributed by atoms with Gasteiger partial charge in [0.1, 0.15) is 0 Å². The Kier molecular flexibility index (Phi) is 8.09. The van der Waals surface area contributed by atoms with Gasteiger partial charge in [-0.2, -0.15) is 11.8 Å². The summed E-state index contributed by atoms with van der Waals surface area (Å²) in [5.41, 5.74) is 0. The summed E-state index contributed by atoms with van der Waals surface area (Å²) in [5.74, 6) is 1.72. The average molecular weight is 430 g/mol. The third kappa shape index (κ3) is 5.23. The number of thioether (sulfide) groups is 1. The summed E-state index contributed by atoms with van der Waals surface area (Å²) < 4.78 is 5.68. The topological polar surface area (TPSA) is 61.9 Å². The molecule has 28 heavy (non-hydrogen) atoms. The number of alkyl halides is 1. The molecule has 3 rings (SSSR count). The maximum Gasteiger partial charge on any atom is 0.246 e. The molecular weight excluding hydrogens is 398 g/mol. The van der Waals surface area contributed by atoms with Crippen LogP contribution in [0.4, 0.5) is 0 Å². The third-order valence-electron chi connectivity index (χ3n) is 6.28. The van der Waals surface area contributed by atoms with Gasteiger partial charge in [0.15, 0.2) is 0 Å². The molecule has 5 unspecified atom stereocenters. The van der Waals surface area contributed by atoms with Gasteiger partial charge in [0, 0.05) is 50.0 Å². The maximum atomic E-state index is 12.7. The van der Waals surface area contributed by atoms with Crippen LogP contribution >= 0.6 is 23.4 Å². The number of halogens is 1. The van der Waals surface area contributed by atoms with Crippen molar-refractivity contribution in [1.29, 1.82) is 0 Å². The van der Waals surface area contributed by atoms with Gasteiger partial charge in [-0.3, -0.25) is 9.59 Å². The zero-order valence-electron chi connectivity index (χ0n) is 16.6. The number of carbonyl (C=O) groups is 2. The van der Waals surface area contributed by atoms with E-state index in [1.165, 1.54) is 24.7 Å². The van der Waals surface area contributed by atoms with Crippen molar-refractivity contribution in [3.8, 4) is 0 Å². The Morgan fingerprint density at radius 1 is 1.25 bits per heavy atom. The van der Waals surface area contributed by atoms with Crippen molar-refractivity contribution in [2.75, 3.05) is 45.6 Å². The van der Waals surface area contributed by atoms with Crippen LogP contribution in [0.3, 0.4) is 0 Å². The minimum Gasteiger partial charge on any atom is -0.380 e. The zero-order chi connectivity index (χ0) is 20.1. The highest BCUT2D eigenvalue weighted by atomic mass is 35.5. The molecule has 2 heterocycles. The molecule has 0 radical (unpaired) electrons. The van der Waals surface area contributed by atoms with Crippen LogP contribution < -0.4 is 5.32 Å². The average Bonchev–Trinajstić information content (AvgIpc) is 3.26. The van der Waals surface area contributed by atoms with Crippen molar-refractivity contribution in [2.45, 2.75) is 48.5 Å². The minimum atomic E-state index is -0.0678. The molecule has 1 saturated carbocycles. The molecule has 0 bridgehead atoms. The van der Waals surface area contributed by atoms with Crippen molar-refractivity contribution in [2.24, 2.45) is 5.92 Å². The molecule has 6 nitrogen and oxygen atoms in total. The molecule has 0 aromatic carbocycles. The maximum absolute atomic E-state index is 12.7. The molecule has 158 valence electrons. The van der Waals surface area contributed by atoms with Gasteiger partial charge in [-0.1, -0.05) is 6.58 Å². The molecule has 2 saturated heterocycles. The lowest BCUT2D eigenvalue weighted by Gasteiger charge is -2.41. The third-order valence-corrected chi connectivity index (χ3v) is 8.32. The second-order valence-corrected chi connectivity index (χ2v) is 9.78. The molecule has 2 aliphatic heterocycles. The van der Waals surface area contributed by atoms with Crippen molar-refractivity contribution in [3.63, 3.8) is 0 Å². The summed E-state index contributed by atoms with van der Waals surface area (Å²) in [6.07, 6.45) is 5.68. The number of hydrogen-bond acceptors (Lipinski definition) is 5. The SMILES string of the molecule is C=CC(=O)N1CCN(C(=O)CNC2CC(C3CCCS3)C(Cl)CC2OC)CC1. The van der Waals surface area contributed by atoms with E-state index >= 15 is 0 Å². The van der Waals surface area contributed by atoms with Gasteiger partial charge in [0.2, 0.25) is 11.8 Å². The molecule has 1 aliphatic carbocycles. The van der Waals surface area contributed by atoms with E-state index in [9.17, 15) is 9.59 Å². The fourth-order valence-electron chi connectivity index (χ4n) is 4.59. The van der Waals surface area contributed by atoms with Crippen LogP contribution in [0, 0.1) is 5.92 Å². The monoisotopic (exact) mass is 429 g/mol. The smallest absolute Gasteiger partial charge is 0.246 e. The highest BCUT2D eigenvalue weighted by molar-refractivity contribution is 8.00.